The highest BCUT2D eigenvalue weighted by molar-refractivity contribution is 6.26. The lowest BCUT2D eigenvalue weighted by atomic mass is 10.2. The smallest absolute Gasteiger partial charge is 0.407 e. The fraction of sp³-hybridized carbons (Fsp3) is 0.182. The fourth-order valence-electron chi connectivity index (χ4n) is 1.04. The maximum absolute atomic E-state index is 11.1. The molecule has 1 aromatic carbocycles. The number of benzene rings is 1. The first-order valence-electron chi connectivity index (χ1n) is 4.87. The minimum atomic E-state index is -0.700. The van der Waals surface area contributed by atoms with Gasteiger partial charge in [0.05, 0.1) is 6.54 Å². The van der Waals surface area contributed by atoms with Crippen molar-refractivity contribution in [3.63, 3.8) is 0 Å². The average Bonchev–Trinajstić information content (AvgIpc) is 2.35. The third-order valence-corrected chi connectivity index (χ3v) is 1.82. The summed E-state index contributed by atoms with van der Waals surface area (Å²) in [6.45, 7) is -0.132. The molecule has 0 radical (unpaired) electrons. The van der Waals surface area contributed by atoms with E-state index in [1.54, 1.807) is 0 Å². The number of rotatable bonds is 5. The van der Waals surface area contributed by atoms with Crippen molar-refractivity contribution < 1.29 is 19.1 Å². The normalized spacial score (nSPS) is 8.94. The Hall–Kier alpha value is -2.46. The van der Waals surface area contributed by atoms with E-state index in [9.17, 15) is 9.59 Å². The molecule has 0 atom stereocenters. The van der Waals surface area contributed by atoms with Gasteiger partial charge in [-0.05, 0) is 5.56 Å². The number of carbonyl (C=O) groups is 2. The quantitative estimate of drug-likeness (QED) is 0.462. The molecule has 6 nitrogen and oxygen atoms in total. The van der Waals surface area contributed by atoms with E-state index in [2.05, 4.69) is 10.1 Å². The van der Waals surface area contributed by atoms with Crippen LogP contribution in [0.15, 0.2) is 30.3 Å². The minimum Gasteiger partial charge on any atom is -0.445 e. The summed E-state index contributed by atoms with van der Waals surface area (Å²) in [6, 6.07) is 9.15. The van der Waals surface area contributed by atoms with Gasteiger partial charge in [-0.1, -0.05) is 30.3 Å². The molecule has 17 heavy (non-hydrogen) atoms. The van der Waals surface area contributed by atoms with Crippen molar-refractivity contribution in [3.8, 4) is 0 Å². The molecule has 0 aliphatic carbocycles. The fourth-order valence-corrected chi connectivity index (χ4v) is 1.04. The van der Waals surface area contributed by atoms with E-state index in [-0.39, 0.29) is 13.2 Å². The van der Waals surface area contributed by atoms with E-state index in [1.807, 2.05) is 30.3 Å². The Bertz CT molecular complexity index is 439. The summed E-state index contributed by atoms with van der Waals surface area (Å²) in [6.07, 6.45) is 0.00541. The molecule has 88 valence electrons. The van der Waals surface area contributed by atoms with E-state index >= 15 is 0 Å². The Morgan fingerprint density at radius 1 is 1.35 bits per heavy atom. The highest BCUT2D eigenvalue weighted by Crippen LogP contribution is 2.00. The third-order valence-electron chi connectivity index (χ3n) is 1.82. The Balaban J connectivity index is 2.26. The number of hydrogen-bond acceptors (Lipinski definition) is 3. The van der Waals surface area contributed by atoms with Gasteiger partial charge in [0.15, 0.2) is 0 Å². The number of Topliss-reactive ketones (excluding diaryl/α,β-unsaturated/α-hetero) is 1. The lowest BCUT2D eigenvalue weighted by Gasteiger charge is -2.04. The first-order chi connectivity index (χ1) is 8.22. The van der Waals surface area contributed by atoms with Crippen molar-refractivity contribution in [2.45, 2.75) is 6.61 Å². The van der Waals surface area contributed by atoms with Crippen LogP contribution in [0.4, 0.5) is 4.79 Å². The molecule has 0 saturated carbocycles. The molecule has 1 rings (SSSR count). The number of hydrogen-bond donors (Lipinski definition) is 1. The third kappa shape index (κ3) is 5.25. The van der Waals surface area contributed by atoms with Crippen LogP contribution in [0, 0.1) is 0 Å². The zero-order valence-electron chi connectivity index (χ0n) is 9.00. The summed E-state index contributed by atoms with van der Waals surface area (Å²) in [5.74, 6) is -0.524. The van der Waals surface area contributed by atoms with Crippen LogP contribution in [-0.4, -0.2) is 29.4 Å². The van der Waals surface area contributed by atoms with Crippen LogP contribution >= 0.6 is 0 Å². The summed E-state index contributed by atoms with van der Waals surface area (Å²) in [7, 11) is 0. The van der Waals surface area contributed by atoms with Gasteiger partial charge in [-0.15, -0.1) is 0 Å². The highest BCUT2D eigenvalue weighted by Gasteiger charge is 2.06. The molecule has 0 fully saturated rings. The number of ether oxygens (including phenoxy) is 1. The summed E-state index contributed by atoms with van der Waals surface area (Å²) in [4.78, 5) is 24.5. The summed E-state index contributed by atoms with van der Waals surface area (Å²) in [5, 5.41) is 2.22. The molecule has 6 heteroatoms. The Morgan fingerprint density at radius 2 is 2.06 bits per heavy atom. The van der Waals surface area contributed by atoms with Crippen molar-refractivity contribution in [2.24, 2.45) is 0 Å². The van der Waals surface area contributed by atoms with Crippen LogP contribution in [0.25, 0.3) is 5.53 Å². The van der Waals surface area contributed by atoms with Crippen LogP contribution in [0.5, 0.6) is 0 Å². The maximum Gasteiger partial charge on any atom is 0.407 e. The highest BCUT2D eigenvalue weighted by atomic mass is 16.5. The van der Waals surface area contributed by atoms with Crippen molar-refractivity contribution in [1.82, 2.24) is 5.32 Å². The molecule has 1 aromatic rings. The van der Waals surface area contributed by atoms with Gasteiger partial charge in [-0.2, -0.15) is 4.79 Å². The lowest BCUT2D eigenvalue weighted by molar-refractivity contribution is -0.115. The van der Waals surface area contributed by atoms with E-state index in [0.29, 0.717) is 6.21 Å². The number of ketones is 1. The lowest BCUT2D eigenvalue weighted by Crippen LogP contribution is -2.30. The SMILES string of the molecule is [N-]=[N+]=CC(=O)CNC(=O)OCc1ccccc1. The molecule has 0 aromatic heterocycles. The van der Waals surface area contributed by atoms with Gasteiger partial charge in [0.25, 0.3) is 5.78 Å². The van der Waals surface area contributed by atoms with Gasteiger partial charge in [-0.3, -0.25) is 4.79 Å². The topological polar surface area (TPSA) is 91.8 Å². The summed E-state index contributed by atoms with van der Waals surface area (Å²) in [5.41, 5.74) is 8.91. The predicted molar refractivity (Wildman–Crippen MR) is 59.3 cm³/mol. The molecular formula is C11H11N3O3. The van der Waals surface area contributed by atoms with Gasteiger partial charge < -0.3 is 15.6 Å². The molecule has 0 saturated heterocycles. The van der Waals surface area contributed by atoms with Crippen LogP contribution in [-0.2, 0) is 16.1 Å². The second-order valence-corrected chi connectivity index (χ2v) is 3.13. The number of nitrogens with zero attached hydrogens (tertiary/aromatic N) is 2. The monoisotopic (exact) mass is 233 g/mol. The molecule has 0 bridgehead atoms. The predicted octanol–water partition coefficient (Wildman–Crippen LogP) is 0.782. The molecule has 0 aliphatic heterocycles. The summed E-state index contributed by atoms with van der Waals surface area (Å²) < 4.78 is 4.85. The number of amides is 1. The van der Waals surface area contributed by atoms with Gasteiger partial charge in [0.1, 0.15) is 6.61 Å². The zero-order valence-corrected chi connectivity index (χ0v) is 9.00. The van der Waals surface area contributed by atoms with Crippen LogP contribution in [0.1, 0.15) is 5.56 Å². The van der Waals surface area contributed by atoms with Crippen molar-refractivity contribution >= 4 is 18.1 Å². The molecule has 1 N–H and O–H groups in total. The second-order valence-electron chi connectivity index (χ2n) is 3.13. The van der Waals surface area contributed by atoms with E-state index in [1.165, 1.54) is 0 Å². The van der Waals surface area contributed by atoms with Gasteiger partial charge in [-0.25, -0.2) is 4.79 Å². The molecular weight excluding hydrogens is 222 g/mol. The molecule has 1 amide bonds. The largest absolute Gasteiger partial charge is 0.445 e. The van der Waals surface area contributed by atoms with Gasteiger partial charge in [0, 0.05) is 0 Å². The average molecular weight is 233 g/mol. The number of carbonyl (C=O) groups excluding carboxylic acids is 2. The van der Waals surface area contributed by atoms with Gasteiger partial charge in [0.2, 0.25) is 0 Å². The minimum absolute atomic E-state index is 0.134. The zero-order chi connectivity index (χ0) is 12.5. The van der Waals surface area contributed by atoms with Crippen LogP contribution in [0.3, 0.4) is 0 Å². The molecule has 0 heterocycles. The second kappa shape index (κ2) is 6.92. The standard InChI is InChI=1S/C11H11N3O3/c12-14-7-10(15)6-13-11(16)17-8-9-4-2-1-3-5-9/h1-5,7H,6,8H2,(H,13,16). The Morgan fingerprint density at radius 3 is 2.71 bits per heavy atom. The van der Waals surface area contributed by atoms with Crippen molar-refractivity contribution in [3.05, 3.63) is 41.4 Å². The summed E-state index contributed by atoms with van der Waals surface area (Å²) >= 11 is 0. The van der Waals surface area contributed by atoms with E-state index in [4.69, 9.17) is 10.3 Å². The van der Waals surface area contributed by atoms with Crippen molar-refractivity contribution in [2.75, 3.05) is 6.54 Å². The number of alkyl carbamates (subject to hydrolysis) is 1. The number of nitrogens with one attached hydrogen (secondary N) is 1. The molecule has 0 spiro atoms. The first kappa shape index (κ1) is 12.6. The Labute approximate surface area is 97.8 Å². The van der Waals surface area contributed by atoms with E-state index < -0.39 is 11.9 Å². The van der Waals surface area contributed by atoms with Gasteiger partial charge >= 0.3 is 12.3 Å². The molecule has 0 unspecified atom stereocenters. The Kier molecular flexibility index (Phi) is 5.13. The van der Waals surface area contributed by atoms with Crippen molar-refractivity contribution in [1.29, 1.82) is 0 Å². The first-order valence-corrected chi connectivity index (χ1v) is 4.87. The van der Waals surface area contributed by atoms with Crippen LogP contribution in [0.2, 0.25) is 0 Å². The maximum atomic E-state index is 11.1. The molecule has 0 aliphatic rings. The van der Waals surface area contributed by atoms with E-state index in [0.717, 1.165) is 5.56 Å². The van der Waals surface area contributed by atoms with Crippen LogP contribution < -0.4 is 5.32 Å².